The van der Waals surface area contributed by atoms with Gasteiger partial charge in [0.05, 0.1) is 0 Å². The van der Waals surface area contributed by atoms with Crippen molar-refractivity contribution in [1.82, 2.24) is 9.97 Å². The third kappa shape index (κ3) is 2.74. The molecule has 0 aromatic carbocycles. The average molecular weight is 248 g/mol. The molecule has 1 aromatic heterocycles. The van der Waals surface area contributed by atoms with E-state index in [4.69, 9.17) is 0 Å². The molecule has 0 amide bonds. The maximum absolute atomic E-state index is 4.52. The van der Waals surface area contributed by atoms with Gasteiger partial charge < -0.3 is 10.2 Å². The van der Waals surface area contributed by atoms with Crippen LogP contribution in [0.4, 0.5) is 11.6 Å². The van der Waals surface area contributed by atoms with E-state index in [1.165, 1.54) is 18.4 Å². The number of piperidine rings is 1. The van der Waals surface area contributed by atoms with E-state index in [2.05, 4.69) is 41.0 Å². The first-order chi connectivity index (χ1) is 8.76. The number of nitrogens with one attached hydrogen (secondary N) is 1. The smallest absolute Gasteiger partial charge is 0.137 e. The van der Waals surface area contributed by atoms with Crippen molar-refractivity contribution in [1.29, 1.82) is 0 Å². The lowest BCUT2D eigenvalue weighted by Gasteiger charge is -2.32. The van der Waals surface area contributed by atoms with Crippen LogP contribution in [0.2, 0.25) is 0 Å². The molecule has 1 aromatic rings. The molecular weight excluding hydrogens is 224 g/mol. The molecule has 0 unspecified atom stereocenters. The van der Waals surface area contributed by atoms with Gasteiger partial charge in [-0.05, 0) is 32.1 Å². The third-order valence-electron chi connectivity index (χ3n) is 3.70. The van der Waals surface area contributed by atoms with Crippen molar-refractivity contribution in [3.8, 4) is 0 Å². The molecule has 0 radical (unpaired) electrons. The van der Waals surface area contributed by atoms with Crippen molar-refractivity contribution in [3.63, 3.8) is 0 Å². The summed E-state index contributed by atoms with van der Waals surface area (Å²) >= 11 is 0. The van der Waals surface area contributed by atoms with Gasteiger partial charge in [-0.25, -0.2) is 9.97 Å². The van der Waals surface area contributed by atoms with Crippen molar-refractivity contribution < 1.29 is 0 Å². The van der Waals surface area contributed by atoms with Gasteiger partial charge in [-0.1, -0.05) is 13.8 Å². The second kappa shape index (κ2) is 6.03. The summed E-state index contributed by atoms with van der Waals surface area (Å²) in [5.41, 5.74) is 1.26. The molecule has 0 bridgehead atoms. The van der Waals surface area contributed by atoms with Crippen LogP contribution in [0, 0.1) is 5.92 Å². The monoisotopic (exact) mass is 248 g/mol. The molecule has 1 aliphatic heterocycles. The Morgan fingerprint density at radius 2 is 2.00 bits per heavy atom. The molecule has 1 N–H and O–H groups in total. The Labute approximate surface area is 110 Å². The predicted molar refractivity (Wildman–Crippen MR) is 76.2 cm³/mol. The zero-order valence-corrected chi connectivity index (χ0v) is 11.7. The van der Waals surface area contributed by atoms with Crippen molar-refractivity contribution in [3.05, 3.63) is 11.9 Å². The van der Waals surface area contributed by atoms with E-state index in [0.717, 1.165) is 43.6 Å². The quantitative estimate of drug-likeness (QED) is 0.889. The van der Waals surface area contributed by atoms with Crippen LogP contribution < -0.4 is 10.2 Å². The largest absolute Gasteiger partial charge is 0.370 e. The van der Waals surface area contributed by atoms with Crippen LogP contribution in [0.5, 0.6) is 0 Å². The molecule has 100 valence electrons. The minimum Gasteiger partial charge on any atom is -0.370 e. The molecule has 2 heterocycles. The van der Waals surface area contributed by atoms with E-state index in [1.54, 1.807) is 6.33 Å². The van der Waals surface area contributed by atoms with Gasteiger partial charge in [0.1, 0.15) is 18.0 Å². The van der Waals surface area contributed by atoms with E-state index < -0.39 is 0 Å². The first-order valence-electron chi connectivity index (χ1n) is 7.08. The summed E-state index contributed by atoms with van der Waals surface area (Å²) in [6, 6.07) is 0. The maximum atomic E-state index is 4.52. The van der Waals surface area contributed by atoms with E-state index >= 15 is 0 Å². The van der Waals surface area contributed by atoms with Crippen molar-refractivity contribution in [2.45, 2.75) is 40.0 Å². The second-order valence-electron chi connectivity index (χ2n) is 5.08. The Bertz CT molecular complexity index is 383. The topological polar surface area (TPSA) is 41.1 Å². The van der Waals surface area contributed by atoms with Crippen LogP contribution in [-0.2, 0) is 6.42 Å². The summed E-state index contributed by atoms with van der Waals surface area (Å²) in [5, 5.41) is 3.34. The molecule has 0 saturated carbocycles. The molecule has 18 heavy (non-hydrogen) atoms. The average Bonchev–Trinajstić information content (AvgIpc) is 2.40. The maximum Gasteiger partial charge on any atom is 0.137 e. The standard InChI is InChI=1S/C14H24N4/c1-4-12-13(15-5-2)16-10-17-14(12)18-8-6-11(3)7-9-18/h10-11H,4-9H2,1-3H3,(H,15,16,17). The van der Waals surface area contributed by atoms with Crippen LogP contribution in [0.1, 0.15) is 39.2 Å². The molecule has 4 heteroatoms. The Morgan fingerprint density at radius 1 is 1.28 bits per heavy atom. The molecule has 1 saturated heterocycles. The molecule has 1 fully saturated rings. The molecule has 0 spiro atoms. The second-order valence-corrected chi connectivity index (χ2v) is 5.08. The molecular formula is C14H24N4. The molecule has 0 aliphatic carbocycles. The van der Waals surface area contributed by atoms with Crippen LogP contribution in [0.25, 0.3) is 0 Å². The summed E-state index contributed by atoms with van der Waals surface area (Å²) in [7, 11) is 0. The lowest BCUT2D eigenvalue weighted by molar-refractivity contribution is 0.436. The third-order valence-corrected chi connectivity index (χ3v) is 3.70. The van der Waals surface area contributed by atoms with Crippen molar-refractivity contribution in [2.75, 3.05) is 29.9 Å². The summed E-state index contributed by atoms with van der Waals surface area (Å²) < 4.78 is 0. The van der Waals surface area contributed by atoms with Gasteiger partial charge in [0.25, 0.3) is 0 Å². The normalized spacial score (nSPS) is 16.9. The van der Waals surface area contributed by atoms with Gasteiger partial charge in [-0.15, -0.1) is 0 Å². The number of nitrogens with zero attached hydrogens (tertiary/aromatic N) is 3. The van der Waals surface area contributed by atoms with E-state index in [9.17, 15) is 0 Å². The fraction of sp³-hybridized carbons (Fsp3) is 0.714. The number of aromatic nitrogens is 2. The highest BCUT2D eigenvalue weighted by Crippen LogP contribution is 2.27. The SMILES string of the molecule is CCNc1ncnc(N2CCC(C)CC2)c1CC. The van der Waals surface area contributed by atoms with Crippen LogP contribution in [0.3, 0.4) is 0 Å². The zero-order chi connectivity index (χ0) is 13.0. The highest BCUT2D eigenvalue weighted by atomic mass is 15.2. The van der Waals surface area contributed by atoms with E-state index in [-0.39, 0.29) is 0 Å². The number of hydrogen-bond acceptors (Lipinski definition) is 4. The molecule has 1 aliphatic rings. The summed E-state index contributed by atoms with van der Waals surface area (Å²) in [5.74, 6) is 2.99. The minimum atomic E-state index is 0.849. The van der Waals surface area contributed by atoms with Gasteiger partial charge in [-0.2, -0.15) is 0 Å². The van der Waals surface area contributed by atoms with Gasteiger partial charge in [0.2, 0.25) is 0 Å². The van der Waals surface area contributed by atoms with Gasteiger partial charge in [0, 0.05) is 25.2 Å². The fourth-order valence-corrected chi connectivity index (χ4v) is 2.54. The van der Waals surface area contributed by atoms with Gasteiger partial charge in [0.15, 0.2) is 0 Å². The van der Waals surface area contributed by atoms with E-state index in [0.29, 0.717) is 0 Å². The van der Waals surface area contributed by atoms with Crippen molar-refractivity contribution in [2.24, 2.45) is 5.92 Å². The fourth-order valence-electron chi connectivity index (χ4n) is 2.54. The summed E-state index contributed by atoms with van der Waals surface area (Å²) in [4.78, 5) is 11.3. The lowest BCUT2D eigenvalue weighted by atomic mass is 9.99. The van der Waals surface area contributed by atoms with Gasteiger partial charge in [-0.3, -0.25) is 0 Å². The van der Waals surface area contributed by atoms with Crippen LogP contribution in [0.15, 0.2) is 6.33 Å². The summed E-state index contributed by atoms with van der Waals surface area (Å²) in [6.45, 7) is 9.76. The van der Waals surface area contributed by atoms with Crippen molar-refractivity contribution >= 4 is 11.6 Å². The molecule has 4 nitrogen and oxygen atoms in total. The van der Waals surface area contributed by atoms with Crippen LogP contribution >= 0.6 is 0 Å². The Hall–Kier alpha value is -1.32. The van der Waals surface area contributed by atoms with Gasteiger partial charge >= 0.3 is 0 Å². The number of anilines is 2. The van der Waals surface area contributed by atoms with Crippen LogP contribution in [-0.4, -0.2) is 29.6 Å². The predicted octanol–water partition coefficient (Wildman–Crippen LogP) is 2.71. The summed E-state index contributed by atoms with van der Waals surface area (Å²) in [6.07, 6.45) is 5.20. The minimum absolute atomic E-state index is 0.849. The number of rotatable bonds is 4. The highest BCUT2D eigenvalue weighted by molar-refractivity contribution is 5.58. The Kier molecular flexibility index (Phi) is 4.39. The highest BCUT2D eigenvalue weighted by Gasteiger charge is 2.20. The number of hydrogen-bond donors (Lipinski definition) is 1. The lowest BCUT2D eigenvalue weighted by Crippen LogP contribution is -2.34. The van der Waals surface area contributed by atoms with E-state index in [1.807, 2.05) is 0 Å². The molecule has 2 rings (SSSR count). The Balaban J connectivity index is 2.23. The Morgan fingerprint density at radius 3 is 2.61 bits per heavy atom. The molecule has 0 atom stereocenters. The zero-order valence-electron chi connectivity index (χ0n) is 11.7. The first-order valence-corrected chi connectivity index (χ1v) is 7.08. The first kappa shape index (κ1) is 13.1.